The van der Waals surface area contributed by atoms with Crippen molar-refractivity contribution in [2.75, 3.05) is 6.54 Å². The average Bonchev–Trinajstić information content (AvgIpc) is 3.00. The molecule has 5 nitrogen and oxygen atoms in total. The first-order chi connectivity index (χ1) is 8.33. The third-order valence-corrected chi connectivity index (χ3v) is 2.98. The zero-order chi connectivity index (χ0) is 11.7. The van der Waals surface area contributed by atoms with E-state index in [-0.39, 0.29) is 6.04 Å². The van der Waals surface area contributed by atoms with Crippen molar-refractivity contribution in [2.45, 2.75) is 18.9 Å². The molecule has 3 heterocycles. The highest BCUT2D eigenvalue weighted by atomic mass is 35.5. The highest BCUT2D eigenvalue weighted by Gasteiger charge is 2.22. The summed E-state index contributed by atoms with van der Waals surface area (Å²) in [4.78, 5) is 8.49. The van der Waals surface area contributed by atoms with Gasteiger partial charge < -0.3 is 9.84 Å². The van der Waals surface area contributed by atoms with Gasteiger partial charge in [0.1, 0.15) is 5.69 Å². The van der Waals surface area contributed by atoms with Crippen molar-refractivity contribution in [1.82, 2.24) is 20.4 Å². The van der Waals surface area contributed by atoms with E-state index in [0.29, 0.717) is 22.4 Å². The van der Waals surface area contributed by atoms with Crippen LogP contribution in [0.4, 0.5) is 0 Å². The largest absolute Gasteiger partial charge is 0.332 e. The molecule has 1 aliphatic rings. The van der Waals surface area contributed by atoms with Gasteiger partial charge in [0.15, 0.2) is 5.82 Å². The lowest BCUT2D eigenvalue weighted by atomic mass is 10.2. The molecule has 0 aliphatic carbocycles. The van der Waals surface area contributed by atoms with Crippen LogP contribution >= 0.6 is 11.6 Å². The summed E-state index contributed by atoms with van der Waals surface area (Å²) >= 11 is 5.77. The fraction of sp³-hybridized carbons (Fsp3) is 0.364. The van der Waals surface area contributed by atoms with Gasteiger partial charge in [0.25, 0.3) is 5.89 Å². The molecule has 0 aromatic carbocycles. The maximum atomic E-state index is 5.77. The molecule has 1 unspecified atom stereocenters. The molecule has 2 aromatic rings. The van der Waals surface area contributed by atoms with Crippen molar-refractivity contribution in [1.29, 1.82) is 0 Å². The van der Waals surface area contributed by atoms with Crippen LogP contribution in [0.3, 0.4) is 0 Å². The number of pyridine rings is 1. The van der Waals surface area contributed by atoms with Crippen LogP contribution in [0.5, 0.6) is 0 Å². The molecular weight excluding hydrogens is 240 g/mol. The van der Waals surface area contributed by atoms with E-state index in [1.807, 2.05) is 0 Å². The Bertz CT molecular complexity index is 504. The first kappa shape index (κ1) is 10.7. The van der Waals surface area contributed by atoms with Crippen molar-refractivity contribution in [3.8, 4) is 11.6 Å². The van der Waals surface area contributed by atoms with Gasteiger partial charge in [-0.2, -0.15) is 4.98 Å². The Morgan fingerprint density at radius 3 is 3.06 bits per heavy atom. The third kappa shape index (κ3) is 2.16. The summed E-state index contributed by atoms with van der Waals surface area (Å²) in [6.07, 6.45) is 3.76. The van der Waals surface area contributed by atoms with Gasteiger partial charge in [-0.15, -0.1) is 0 Å². The number of rotatable bonds is 2. The molecule has 0 amide bonds. The summed E-state index contributed by atoms with van der Waals surface area (Å²) < 4.78 is 5.20. The third-order valence-electron chi connectivity index (χ3n) is 2.76. The lowest BCUT2D eigenvalue weighted by Crippen LogP contribution is -2.14. The topological polar surface area (TPSA) is 63.8 Å². The van der Waals surface area contributed by atoms with Gasteiger partial charge in [-0.25, -0.2) is 4.98 Å². The van der Waals surface area contributed by atoms with Crippen LogP contribution in [0.2, 0.25) is 5.02 Å². The van der Waals surface area contributed by atoms with E-state index < -0.39 is 0 Å². The Morgan fingerprint density at radius 2 is 2.35 bits per heavy atom. The smallest absolute Gasteiger partial charge is 0.276 e. The van der Waals surface area contributed by atoms with Gasteiger partial charge >= 0.3 is 0 Å². The second-order valence-corrected chi connectivity index (χ2v) is 4.40. The van der Waals surface area contributed by atoms with E-state index in [9.17, 15) is 0 Å². The molecule has 1 N–H and O–H groups in total. The molecule has 1 atom stereocenters. The minimum Gasteiger partial charge on any atom is -0.332 e. The summed E-state index contributed by atoms with van der Waals surface area (Å²) in [7, 11) is 0. The fourth-order valence-corrected chi connectivity index (χ4v) is 2.00. The second-order valence-electron chi connectivity index (χ2n) is 3.97. The molecule has 1 aliphatic heterocycles. The predicted octanol–water partition coefficient (Wildman–Crippen LogP) is 2.21. The van der Waals surface area contributed by atoms with Gasteiger partial charge in [0.05, 0.1) is 11.1 Å². The van der Waals surface area contributed by atoms with E-state index in [2.05, 4.69) is 20.4 Å². The quantitative estimate of drug-likeness (QED) is 0.885. The molecule has 2 aromatic heterocycles. The summed E-state index contributed by atoms with van der Waals surface area (Å²) in [5.74, 6) is 1.14. The molecule has 0 saturated carbocycles. The Hall–Kier alpha value is -1.46. The maximum absolute atomic E-state index is 5.77. The Balaban J connectivity index is 1.86. The monoisotopic (exact) mass is 250 g/mol. The average molecular weight is 251 g/mol. The highest BCUT2D eigenvalue weighted by Crippen LogP contribution is 2.23. The van der Waals surface area contributed by atoms with Crippen molar-refractivity contribution < 1.29 is 4.52 Å². The van der Waals surface area contributed by atoms with Gasteiger partial charge in [-0.05, 0) is 31.5 Å². The van der Waals surface area contributed by atoms with E-state index >= 15 is 0 Å². The molecule has 0 bridgehead atoms. The summed E-state index contributed by atoms with van der Waals surface area (Å²) in [5.41, 5.74) is 0.645. The number of nitrogens with one attached hydrogen (secondary N) is 1. The predicted molar refractivity (Wildman–Crippen MR) is 62.5 cm³/mol. The minimum absolute atomic E-state index is 0.208. The van der Waals surface area contributed by atoms with Gasteiger partial charge in [-0.3, -0.25) is 0 Å². The van der Waals surface area contributed by atoms with Crippen molar-refractivity contribution in [3.63, 3.8) is 0 Å². The Labute approximate surface area is 103 Å². The van der Waals surface area contributed by atoms with E-state index in [0.717, 1.165) is 19.4 Å². The van der Waals surface area contributed by atoms with Crippen molar-refractivity contribution in [3.05, 3.63) is 29.2 Å². The molecule has 1 fully saturated rings. The number of aromatic nitrogens is 3. The Kier molecular flexibility index (Phi) is 2.78. The van der Waals surface area contributed by atoms with Crippen LogP contribution in [-0.2, 0) is 0 Å². The normalized spacial score (nSPS) is 19.7. The zero-order valence-corrected chi connectivity index (χ0v) is 9.81. The Morgan fingerprint density at radius 1 is 1.41 bits per heavy atom. The van der Waals surface area contributed by atoms with E-state index in [4.69, 9.17) is 16.1 Å². The zero-order valence-electron chi connectivity index (χ0n) is 9.06. The summed E-state index contributed by atoms with van der Waals surface area (Å²) in [6.45, 7) is 1.01. The van der Waals surface area contributed by atoms with Crippen LogP contribution in [0.25, 0.3) is 11.6 Å². The molecule has 3 rings (SSSR count). The van der Waals surface area contributed by atoms with Crippen LogP contribution in [0.1, 0.15) is 24.7 Å². The van der Waals surface area contributed by atoms with E-state index in [1.54, 1.807) is 18.3 Å². The number of nitrogens with zero attached hydrogens (tertiary/aromatic N) is 3. The molecule has 17 heavy (non-hydrogen) atoms. The standard InChI is InChI=1S/C11H11ClN4O/c12-7-3-4-9(14-6-7)11-15-10(16-17-11)8-2-1-5-13-8/h3-4,6,8,13H,1-2,5H2. The highest BCUT2D eigenvalue weighted by molar-refractivity contribution is 6.30. The second kappa shape index (κ2) is 4.43. The molecular formula is C11H11ClN4O. The van der Waals surface area contributed by atoms with Crippen LogP contribution in [-0.4, -0.2) is 21.7 Å². The number of hydrogen-bond acceptors (Lipinski definition) is 5. The van der Waals surface area contributed by atoms with Crippen molar-refractivity contribution >= 4 is 11.6 Å². The van der Waals surface area contributed by atoms with Gasteiger partial charge in [0.2, 0.25) is 0 Å². The van der Waals surface area contributed by atoms with Gasteiger partial charge in [0, 0.05) is 6.20 Å². The first-order valence-corrected chi connectivity index (χ1v) is 5.89. The van der Waals surface area contributed by atoms with Crippen molar-refractivity contribution in [2.24, 2.45) is 0 Å². The molecule has 1 saturated heterocycles. The summed E-state index contributed by atoms with van der Waals surface area (Å²) in [6, 6.07) is 3.73. The van der Waals surface area contributed by atoms with Crippen LogP contribution in [0.15, 0.2) is 22.9 Å². The minimum atomic E-state index is 0.208. The lowest BCUT2D eigenvalue weighted by Gasteiger charge is -2.01. The number of hydrogen-bond donors (Lipinski definition) is 1. The van der Waals surface area contributed by atoms with Gasteiger partial charge in [-0.1, -0.05) is 16.8 Å². The van der Waals surface area contributed by atoms with E-state index in [1.165, 1.54) is 0 Å². The first-order valence-electron chi connectivity index (χ1n) is 5.52. The molecule has 88 valence electrons. The lowest BCUT2D eigenvalue weighted by molar-refractivity contribution is 0.411. The molecule has 6 heteroatoms. The number of halogens is 1. The maximum Gasteiger partial charge on any atom is 0.276 e. The summed E-state index contributed by atoms with van der Waals surface area (Å²) in [5, 5.41) is 7.88. The van der Waals surface area contributed by atoms with Crippen LogP contribution < -0.4 is 5.32 Å². The molecule has 0 radical (unpaired) electrons. The SMILES string of the molecule is Clc1ccc(-c2nc(C3CCCN3)no2)nc1. The molecule has 0 spiro atoms. The fourth-order valence-electron chi connectivity index (χ4n) is 1.89. The van der Waals surface area contributed by atoms with Crippen LogP contribution in [0, 0.1) is 0 Å².